The lowest BCUT2D eigenvalue weighted by Gasteiger charge is -2.38. The summed E-state index contributed by atoms with van der Waals surface area (Å²) in [5.74, 6) is -0.600. The highest BCUT2D eigenvalue weighted by Crippen LogP contribution is 2.38. The molecule has 1 heterocycles. The molecular weight excluding hydrogens is 444 g/mol. The van der Waals surface area contributed by atoms with Gasteiger partial charge >= 0.3 is 0 Å². The molecule has 0 spiro atoms. The summed E-state index contributed by atoms with van der Waals surface area (Å²) >= 11 is 0. The topological polar surface area (TPSA) is 57.2 Å². The van der Waals surface area contributed by atoms with E-state index in [2.05, 4.69) is 58.2 Å². The molecule has 1 saturated heterocycles. The molecule has 3 atom stereocenters. The number of unbranched alkanes of at least 4 members (excludes halogenated alkanes) is 1. The van der Waals surface area contributed by atoms with Crippen LogP contribution in [0.4, 0.5) is 0 Å². The van der Waals surface area contributed by atoms with Crippen LogP contribution < -0.4 is 0 Å². The average Bonchev–Trinajstić information content (AvgIpc) is 3.05. The first-order valence-corrected chi connectivity index (χ1v) is 15.8. The van der Waals surface area contributed by atoms with Crippen molar-refractivity contribution in [1.29, 1.82) is 0 Å². The maximum absolute atomic E-state index is 9.22. The van der Waals surface area contributed by atoms with Crippen LogP contribution >= 0.6 is 0 Å². The Morgan fingerprint density at radius 2 is 1.79 bits per heavy atom. The standard InChI is InChI=1S/C28H48O5Si/c1-27(2,3)34(6,7)33-24(16-11-12-20-29)18-19-26-25(31-28(4,5)32-26)17-13-21-30-22-23-14-9-8-10-15-23/h8-10,14-15,18-19,24-26,29H,11-13,16-17,20-22H2,1-7H3/b19-18+/t24-,25-,26-/m0/s1. The van der Waals surface area contributed by atoms with Crippen molar-refractivity contribution in [3.05, 3.63) is 48.0 Å². The van der Waals surface area contributed by atoms with E-state index in [0.29, 0.717) is 13.2 Å². The summed E-state index contributed by atoms with van der Waals surface area (Å²) < 4.78 is 25.0. The fourth-order valence-corrected chi connectivity index (χ4v) is 5.15. The fourth-order valence-electron chi connectivity index (χ4n) is 3.84. The van der Waals surface area contributed by atoms with Crippen LogP contribution in [0.2, 0.25) is 18.1 Å². The molecule has 5 nitrogen and oxygen atoms in total. The van der Waals surface area contributed by atoms with E-state index in [-0.39, 0.29) is 30.0 Å². The molecule has 1 aromatic rings. The Labute approximate surface area is 209 Å². The third kappa shape index (κ3) is 9.92. The van der Waals surface area contributed by atoms with Gasteiger partial charge in [-0.15, -0.1) is 0 Å². The van der Waals surface area contributed by atoms with Crippen LogP contribution in [0.3, 0.4) is 0 Å². The van der Waals surface area contributed by atoms with Gasteiger partial charge in [-0.3, -0.25) is 0 Å². The summed E-state index contributed by atoms with van der Waals surface area (Å²) in [7, 11) is -1.91. The Balaban J connectivity index is 1.94. The second-order valence-electron chi connectivity index (χ2n) is 11.3. The number of hydrogen-bond donors (Lipinski definition) is 1. The van der Waals surface area contributed by atoms with Crippen molar-refractivity contribution in [2.45, 2.75) is 116 Å². The van der Waals surface area contributed by atoms with Crippen molar-refractivity contribution in [3.63, 3.8) is 0 Å². The van der Waals surface area contributed by atoms with Gasteiger partial charge in [-0.2, -0.15) is 0 Å². The van der Waals surface area contributed by atoms with Crippen LogP contribution in [0.1, 0.15) is 72.3 Å². The molecule has 6 heteroatoms. The van der Waals surface area contributed by atoms with Crippen LogP contribution in [0.25, 0.3) is 0 Å². The molecule has 0 bridgehead atoms. The summed E-state index contributed by atoms with van der Waals surface area (Å²) in [5.41, 5.74) is 1.19. The SMILES string of the molecule is CC1(C)O[C@@H](/C=C/[C@H](CCCCO)O[Si](C)(C)C(C)(C)C)[C@H](CCCOCc2ccccc2)O1. The second-order valence-corrected chi connectivity index (χ2v) is 16.1. The summed E-state index contributed by atoms with van der Waals surface area (Å²) in [5, 5.41) is 9.37. The molecule has 0 amide bonds. The first-order chi connectivity index (χ1) is 15.9. The predicted octanol–water partition coefficient (Wildman–Crippen LogP) is 6.61. The highest BCUT2D eigenvalue weighted by atomic mass is 28.4. The summed E-state index contributed by atoms with van der Waals surface area (Å²) in [4.78, 5) is 0. The van der Waals surface area contributed by atoms with Crippen LogP contribution in [-0.4, -0.2) is 50.7 Å². The zero-order valence-corrected chi connectivity index (χ0v) is 23.5. The van der Waals surface area contributed by atoms with E-state index >= 15 is 0 Å². The van der Waals surface area contributed by atoms with Gasteiger partial charge in [0.15, 0.2) is 14.1 Å². The van der Waals surface area contributed by atoms with Gasteiger partial charge in [0.2, 0.25) is 0 Å². The molecule has 0 radical (unpaired) electrons. The summed E-state index contributed by atoms with van der Waals surface area (Å²) in [6, 6.07) is 10.3. The maximum Gasteiger partial charge on any atom is 0.192 e. The van der Waals surface area contributed by atoms with Gasteiger partial charge in [0.05, 0.1) is 18.8 Å². The minimum atomic E-state index is -1.91. The lowest BCUT2D eigenvalue weighted by atomic mass is 10.1. The van der Waals surface area contributed by atoms with E-state index in [1.165, 1.54) is 5.56 Å². The Kier molecular flexibility index (Phi) is 11.5. The van der Waals surface area contributed by atoms with Crippen LogP contribution in [0, 0.1) is 0 Å². The third-order valence-corrected chi connectivity index (χ3v) is 11.3. The van der Waals surface area contributed by atoms with Gasteiger partial charge < -0.3 is 23.7 Å². The Morgan fingerprint density at radius 1 is 1.09 bits per heavy atom. The molecule has 0 saturated carbocycles. The quantitative estimate of drug-likeness (QED) is 0.180. The average molecular weight is 493 g/mol. The molecule has 0 unspecified atom stereocenters. The molecule has 2 rings (SSSR count). The molecule has 0 aromatic heterocycles. The number of benzene rings is 1. The Morgan fingerprint density at radius 3 is 2.44 bits per heavy atom. The summed E-state index contributed by atoms with van der Waals surface area (Å²) in [6.45, 7) is 16.9. The largest absolute Gasteiger partial charge is 0.411 e. The van der Waals surface area contributed by atoms with E-state index in [1.54, 1.807) is 0 Å². The Hall–Kier alpha value is -1.02. The third-order valence-electron chi connectivity index (χ3n) is 6.77. The lowest BCUT2D eigenvalue weighted by Crippen LogP contribution is -2.43. The van der Waals surface area contributed by atoms with Gasteiger partial charge in [-0.05, 0) is 69.6 Å². The number of aliphatic hydroxyl groups excluding tert-OH is 1. The monoisotopic (exact) mass is 492 g/mol. The molecule has 194 valence electrons. The molecular formula is C28H48O5Si. The predicted molar refractivity (Wildman–Crippen MR) is 141 cm³/mol. The summed E-state index contributed by atoms with van der Waals surface area (Å²) in [6.07, 6.45) is 8.67. The van der Waals surface area contributed by atoms with Crippen molar-refractivity contribution < 1.29 is 23.7 Å². The highest BCUT2D eigenvalue weighted by Gasteiger charge is 2.41. The van der Waals surface area contributed by atoms with Crippen LogP contribution in [0.5, 0.6) is 0 Å². The van der Waals surface area contributed by atoms with Crippen LogP contribution in [0.15, 0.2) is 42.5 Å². The van der Waals surface area contributed by atoms with Crippen LogP contribution in [-0.2, 0) is 25.2 Å². The molecule has 1 aliphatic heterocycles. The number of ether oxygens (including phenoxy) is 3. The minimum Gasteiger partial charge on any atom is -0.411 e. The first-order valence-electron chi connectivity index (χ1n) is 12.9. The lowest BCUT2D eigenvalue weighted by molar-refractivity contribution is -0.143. The molecule has 34 heavy (non-hydrogen) atoms. The normalized spacial score (nSPS) is 21.9. The molecule has 1 N–H and O–H groups in total. The van der Waals surface area contributed by atoms with E-state index in [0.717, 1.165) is 32.1 Å². The van der Waals surface area contributed by atoms with Gasteiger partial charge in [0, 0.05) is 13.2 Å². The fraction of sp³-hybridized carbons (Fsp3) is 0.714. The van der Waals surface area contributed by atoms with Gasteiger partial charge in [0.25, 0.3) is 0 Å². The highest BCUT2D eigenvalue weighted by molar-refractivity contribution is 6.74. The van der Waals surface area contributed by atoms with Gasteiger partial charge in [-0.25, -0.2) is 0 Å². The van der Waals surface area contributed by atoms with Crippen molar-refractivity contribution in [3.8, 4) is 0 Å². The van der Waals surface area contributed by atoms with E-state index < -0.39 is 14.1 Å². The van der Waals surface area contributed by atoms with Crippen molar-refractivity contribution >= 4 is 8.32 Å². The molecule has 1 aromatic carbocycles. The van der Waals surface area contributed by atoms with Gasteiger partial charge in [-0.1, -0.05) is 63.3 Å². The maximum atomic E-state index is 9.22. The van der Waals surface area contributed by atoms with E-state index in [4.69, 9.17) is 18.6 Å². The number of hydrogen-bond acceptors (Lipinski definition) is 5. The van der Waals surface area contributed by atoms with Crippen molar-refractivity contribution in [2.75, 3.05) is 13.2 Å². The van der Waals surface area contributed by atoms with Crippen molar-refractivity contribution in [1.82, 2.24) is 0 Å². The number of aliphatic hydroxyl groups is 1. The molecule has 0 aliphatic carbocycles. The molecule has 1 aliphatic rings. The van der Waals surface area contributed by atoms with Crippen molar-refractivity contribution in [2.24, 2.45) is 0 Å². The van der Waals surface area contributed by atoms with Gasteiger partial charge in [0.1, 0.15) is 6.10 Å². The zero-order valence-electron chi connectivity index (χ0n) is 22.5. The second kappa shape index (κ2) is 13.3. The van der Waals surface area contributed by atoms with E-state index in [9.17, 15) is 5.11 Å². The smallest absolute Gasteiger partial charge is 0.192 e. The zero-order chi connectivity index (χ0) is 25.2. The van der Waals surface area contributed by atoms with E-state index in [1.807, 2.05) is 32.0 Å². The molecule has 1 fully saturated rings. The first kappa shape index (κ1) is 29.2. The minimum absolute atomic E-state index is 0.00228. The Bertz CT molecular complexity index is 726. The number of rotatable bonds is 14.